The van der Waals surface area contributed by atoms with Crippen molar-refractivity contribution in [3.8, 4) is 0 Å². The quantitative estimate of drug-likeness (QED) is 0.708. The van der Waals surface area contributed by atoms with E-state index < -0.39 is 0 Å². The molecule has 0 bridgehead atoms. The number of hydrogen-bond acceptors (Lipinski definition) is 1. The van der Waals surface area contributed by atoms with Crippen molar-refractivity contribution >= 4 is 6.08 Å². The van der Waals surface area contributed by atoms with Gasteiger partial charge in [0.1, 0.15) is 0 Å². The van der Waals surface area contributed by atoms with Gasteiger partial charge in [-0.05, 0) is 12.5 Å². The molecule has 1 rings (SSSR count). The minimum Gasteiger partial charge on any atom is -0.378 e. The zero-order valence-corrected chi connectivity index (χ0v) is 9.53. The van der Waals surface area contributed by atoms with Crippen LogP contribution in [0.1, 0.15) is 26.3 Å². The maximum Gasteiger partial charge on any atom is 0.0727 e. The molecule has 0 N–H and O–H groups in total. The van der Waals surface area contributed by atoms with Crippen molar-refractivity contribution in [2.75, 3.05) is 7.11 Å². The number of rotatable bonds is 3. The van der Waals surface area contributed by atoms with Gasteiger partial charge in [0.05, 0.1) is 6.10 Å². The lowest BCUT2D eigenvalue weighted by molar-refractivity contribution is 0.157. The fraction of sp³-hybridized carbons (Fsp3) is 0.385. The van der Waals surface area contributed by atoms with E-state index in [0.717, 1.165) is 0 Å². The first kappa shape index (κ1) is 12.9. The zero-order valence-electron chi connectivity index (χ0n) is 9.53. The molecule has 0 saturated carbocycles. The molecule has 0 spiro atoms. The Morgan fingerprint density at radius 2 is 1.71 bits per heavy atom. The highest BCUT2D eigenvalue weighted by atomic mass is 16.5. The second-order valence-electron chi connectivity index (χ2n) is 2.71. The molecule has 1 unspecified atom stereocenters. The van der Waals surface area contributed by atoms with Crippen LogP contribution in [-0.2, 0) is 4.74 Å². The monoisotopic (exact) mass is 192 g/mol. The molecule has 14 heavy (non-hydrogen) atoms. The zero-order chi connectivity index (χ0) is 10.8. The molecule has 1 heteroatoms. The van der Waals surface area contributed by atoms with Crippen molar-refractivity contribution in [1.29, 1.82) is 0 Å². The van der Waals surface area contributed by atoms with Crippen LogP contribution in [0, 0.1) is 0 Å². The molecule has 1 nitrogen and oxygen atoms in total. The number of benzene rings is 1. The summed E-state index contributed by atoms with van der Waals surface area (Å²) in [4.78, 5) is 0. The van der Waals surface area contributed by atoms with Gasteiger partial charge in [0.2, 0.25) is 0 Å². The molecule has 0 saturated heterocycles. The molecule has 0 radical (unpaired) electrons. The summed E-state index contributed by atoms with van der Waals surface area (Å²) < 4.78 is 5.09. The first-order chi connectivity index (χ1) is 6.83. The standard InChI is InChI=1S/C11H14O.C2H6/c1-10(12-2)8-9-11-6-4-3-5-7-11;1-2/h3-10H,1-2H3;1-2H3/b9-8+;. The summed E-state index contributed by atoms with van der Waals surface area (Å²) in [6, 6.07) is 10.2. The summed E-state index contributed by atoms with van der Waals surface area (Å²) in [5.74, 6) is 0. The molecule has 0 aliphatic carbocycles. The molecule has 1 aromatic carbocycles. The predicted molar refractivity (Wildman–Crippen MR) is 63.3 cm³/mol. The van der Waals surface area contributed by atoms with E-state index in [2.05, 4.69) is 18.2 Å². The van der Waals surface area contributed by atoms with Crippen LogP contribution in [0.5, 0.6) is 0 Å². The molecule has 78 valence electrons. The van der Waals surface area contributed by atoms with Gasteiger partial charge in [0.15, 0.2) is 0 Å². The van der Waals surface area contributed by atoms with Crippen LogP contribution in [-0.4, -0.2) is 13.2 Å². The van der Waals surface area contributed by atoms with Crippen LogP contribution < -0.4 is 0 Å². The van der Waals surface area contributed by atoms with E-state index >= 15 is 0 Å². The van der Waals surface area contributed by atoms with Crippen LogP contribution in [0.15, 0.2) is 36.4 Å². The summed E-state index contributed by atoms with van der Waals surface area (Å²) in [6.07, 6.45) is 4.29. The largest absolute Gasteiger partial charge is 0.378 e. The number of methoxy groups -OCH3 is 1. The molecular formula is C13H20O. The van der Waals surface area contributed by atoms with E-state index in [1.807, 2.05) is 45.0 Å². The Labute approximate surface area is 87.4 Å². The Kier molecular flexibility index (Phi) is 7.86. The second kappa shape index (κ2) is 8.52. The fourth-order valence-corrected chi connectivity index (χ4v) is 0.889. The van der Waals surface area contributed by atoms with Crippen molar-refractivity contribution in [2.24, 2.45) is 0 Å². The maximum atomic E-state index is 5.09. The Bertz CT molecular complexity index is 239. The van der Waals surface area contributed by atoms with E-state index in [9.17, 15) is 0 Å². The maximum absolute atomic E-state index is 5.09. The Morgan fingerprint density at radius 1 is 1.14 bits per heavy atom. The Hall–Kier alpha value is -1.08. The third kappa shape index (κ3) is 5.55. The first-order valence-electron chi connectivity index (χ1n) is 5.09. The molecule has 0 fully saturated rings. The van der Waals surface area contributed by atoms with Gasteiger partial charge in [-0.1, -0.05) is 56.3 Å². The lowest BCUT2D eigenvalue weighted by atomic mass is 10.2. The van der Waals surface area contributed by atoms with Gasteiger partial charge in [-0.15, -0.1) is 0 Å². The van der Waals surface area contributed by atoms with Crippen molar-refractivity contribution in [3.05, 3.63) is 42.0 Å². The van der Waals surface area contributed by atoms with Gasteiger partial charge in [0.25, 0.3) is 0 Å². The molecule has 0 aliphatic heterocycles. The molecule has 1 atom stereocenters. The molecule has 1 aromatic rings. The normalized spacial score (nSPS) is 12.0. The highest BCUT2D eigenvalue weighted by Crippen LogP contribution is 2.02. The number of hydrogen-bond donors (Lipinski definition) is 0. The van der Waals surface area contributed by atoms with Gasteiger partial charge in [-0.2, -0.15) is 0 Å². The predicted octanol–water partition coefficient (Wildman–Crippen LogP) is 3.76. The van der Waals surface area contributed by atoms with E-state index in [0.29, 0.717) is 0 Å². The summed E-state index contributed by atoms with van der Waals surface area (Å²) >= 11 is 0. The lowest BCUT2D eigenvalue weighted by Crippen LogP contribution is -1.98. The van der Waals surface area contributed by atoms with Crippen LogP contribution >= 0.6 is 0 Å². The summed E-state index contributed by atoms with van der Waals surface area (Å²) in [6.45, 7) is 6.01. The minimum absolute atomic E-state index is 0.185. The third-order valence-corrected chi connectivity index (χ3v) is 1.73. The van der Waals surface area contributed by atoms with Crippen molar-refractivity contribution in [2.45, 2.75) is 26.9 Å². The average Bonchev–Trinajstić information content (AvgIpc) is 2.30. The van der Waals surface area contributed by atoms with Crippen molar-refractivity contribution < 1.29 is 4.74 Å². The summed E-state index contributed by atoms with van der Waals surface area (Å²) in [5.41, 5.74) is 1.21. The second-order valence-corrected chi connectivity index (χ2v) is 2.71. The number of ether oxygens (including phenoxy) is 1. The van der Waals surface area contributed by atoms with E-state index in [1.165, 1.54) is 5.56 Å². The van der Waals surface area contributed by atoms with Gasteiger partial charge < -0.3 is 4.74 Å². The highest BCUT2D eigenvalue weighted by molar-refractivity contribution is 5.49. The Balaban J connectivity index is 0.000000791. The summed E-state index contributed by atoms with van der Waals surface area (Å²) in [7, 11) is 1.71. The lowest BCUT2D eigenvalue weighted by Gasteiger charge is -2.00. The molecule has 0 amide bonds. The van der Waals surface area contributed by atoms with Gasteiger partial charge >= 0.3 is 0 Å². The topological polar surface area (TPSA) is 9.23 Å². The van der Waals surface area contributed by atoms with Crippen LogP contribution in [0.25, 0.3) is 6.08 Å². The molecule has 0 aromatic heterocycles. The summed E-state index contributed by atoms with van der Waals surface area (Å²) in [5, 5.41) is 0. The van der Waals surface area contributed by atoms with Crippen LogP contribution in [0.3, 0.4) is 0 Å². The highest BCUT2D eigenvalue weighted by Gasteiger charge is 1.89. The fourth-order valence-electron chi connectivity index (χ4n) is 0.889. The molecule has 0 heterocycles. The molecular weight excluding hydrogens is 172 g/mol. The Morgan fingerprint density at radius 3 is 2.21 bits per heavy atom. The van der Waals surface area contributed by atoms with Crippen molar-refractivity contribution in [3.63, 3.8) is 0 Å². The first-order valence-corrected chi connectivity index (χ1v) is 5.09. The molecule has 0 aliphatic rings. The minimum atomic E-state index is 0.185. The SMILES string of the molecule is CC.COC(C)/C=C/c1ccccc1. The van der Waals surface area contributed by atoms with Crippen LogP contribution in [0.2, 0.25) is 0 Å². The van der Waals surface area contributed by atoms with Gasteiger partial charge in [-0.25, -0.2) is 0 Å². The van der Waals surface area contributed by atoms with E-state index in [4.69, 9.17) is 4.74 Å². The van der Waals surface area contributed by atoms with Gasteiger partial charge in [0, 0.05) is 7.11 Å². The van der Waals surface area contributed by atoms with Gasteiger partial charge in [-0.3, -0.25) is 0 Å². The van der Waals surface area contributed by atoms with E-state index in [-0.39, 0.29) is 6.10 Å². The average molecular weight is 192 g/mol. The van der Waals surface area contributed by atoms with Crippen molar-refractivity contribution in [1.82, 2.24) is 0 Å². The smallest absolute Gasteiger partial charge is 0.0727 e. The van der Waals surface area contributed by atoms with E-state index in [1.54, 1.807) is 7.11 Å². The third-order valence-electron chi connectivity index (χ3n) is 1.73. The van der Waals surface area contributed by atoms with Crippen LogP contribution in [0.4, 0.5) is 0 Å².